The zero-order valence-corrected chi connectivity index (χ0v) is 13.5. The van der Waals surface area contributed by atoms with Gasteiger partial charge in [-0.2, -0.15) is 0 Å². The molecule has 0 aromatic heterocycles. The zero-order valence-electron chi connectivity index (χ0n) is 13.5. The molecule has 2 aliphatic heterocycles. The van der Waals surface area contributed by atoms with E-state index in [0.717, 1.165) is 31.5 Å². The summed E-state index contributed by atoms with van der Waals surface area (Å²) in [7, 11) is 0. The second-order valence-electron chi connectivity index (χ2n) is 7.46. The molecule has 1 saturated heterocycles. The highest BCUT2D eigenvalue weighted by atomic mass is 16.5. The fourth-order valence-electron chi connectivity index (χ4n) is 3.92. The van der Waals surface area contributed by atoms with Crippen LogP contribution < -0.4 is 5.32 Å². The smallest absolute Gasteiger partial charge is 0.169 e. The molecule has 0 bridgehead atoms. The maximum absolute atomic E-state index is 13.1. The standard InChI is InChI=1S/C18H25NO2/c1-17(2)10-15(18(3,4)21-17)16(20)14-7-5-6-12-11-19-9-8-13(12)14/h5-7,15,19H,8-11H2,1-4H3. The maximum Gasteiger partial charge on any atom is 0.169 e. The lowest BCUT2D eigenvalue weighted by atomic mass is 9.79. The van der Waals surface area contributed by atoms with Crippen LogP contribution in [0.2, 0.25) is 0 Å². The molecule has 1 atom stereocenters. The summed E-state index contributed by atoms with van der Waals surface area (Å²) in [4.78, 5) is 13.1. The predicted octanol–water partition coefficient (Wildman–Crippen LogP) is 3.11. The minimum absolute atomic E-state index is 0.0612. The molecule has 1 fully saturated rings. The first kappa shape index (κ1) is 14.7. The molecule has 3 nitrogen and oxygen atoms in total. The zero-order chi connectivity index (χ0) is 15.3. The molecular formula is C18H25NO2. The molecule has 2 aliphatic rings. The summed E-state index contributed by atoms with van der Waals surface area (Å²) < 4.78 is 6.10. The quantitative estimate of drug-likeness (QED) is 0.849. The summed E-state index contributed by atoms with van der Waals surface area (Å²) in [6, 6.07) is 6.12. The van der Waals surface area contributed by atoms with Crippen LogP contribution in [0.5, 0.6) is 0 Å². The molecule has 21 heavy (non-hydrogen) atoms. The number of benzene rings is 1. The Morgan fingerprint density at radius 3 is 2.71 bits per heavy atom. The summed E-state index contributed by atoms with van der Waals surface area (Å²) in [5, 5.41) is 3.37. The van der Waals surface area contributed by atoms with E-state index in [1.807, 2.05) is 26.0 Å². The number of carbonyl (C=O) groups excluding carboxylic acids is 1. The number of nitrogens with one attached hydrogen (secondary N) is 1. The molecule has 1 aromatic rings. The summed E-state index contributed by atoms with van der Waals surface area (Å²) in [5.41, 5.74) is 2.80. The number of hydrogen-bond acceptors (Lipinski definition) is 3. The Morgan fingerprint density at radius 1 is 1.29 bits per heavy atom. The van der Waals surface area contributed by atoms with Crippen LogP contribution in [0.25, 0.3) is 0 Å². The van der Waals surface area contributed by atoms with Crippen LogP contribution in [-0.2, 0) is 17.7 Å². The van der Waals surface area contributed by atoms with Crippen LogP contribution >= 0.6 is 0 Å². The van der Waals surface area contributed by atoms with Crippen LogP contribution in [-0.4, -0.2) is 23.5 Å². The molecule has 1 aromatic carbocycles. The van der Waals surface area contributed by atoms with E-state index in [1.54, 1.807) is 0 Å². The molecule has 1 unspecified atom stereocenters. The average molecular weight is 287 g/mol. The normalized spacial score (nSPS) is 26.4. The third kappa shape index (κ3) is 2.65. The molecule has 1 N–H and O–H groups in total. The molecule has 0 spiro atoms. The van der Waals surface area contributed by atoms with Gasteiger partial charge in [0.25, 0.3) is 0 Å². The van der Waals surface area contributed by atoms with Gasteiger partial charge in [0, 0.05) is 12.1 Å². The Labute approximate surface area is 127 Å². The van der Waals surface area contributed by atoms with E-state index in [1.165, 1.54) is 11.1 Å². The lowest BCUT2D eigenvalue weighted by molar-refractivity contribution is -0.0712. The van der Waals surface area contributed by atoms with Gasteiger partial charge in [-0.1, -0.05) is 18.2 Å². The van der Waals surface area contributed by atoms with Crippen molar-refractivity contribution in [1.29, 1.82) is 0 Å². The van der Waals surface area contributed by atoms with Gasteiger partial charge in [-0.05, 0) is 58.2 Å². The fourth-order valence-corrected chi connectivity index (χ4v) is 3.92. The van der Waals surface area contributed by atoms with Crippen molar-refractivity contribution >= 4 is 5.78 Å². The second kappa shape index (κ2) is 4.92. The largest absolute Gasteiger partial charge is 0.369 e. The van der Waals surface area contributed by atoms with E-state index >= 15 is 0 Å². The first-order valence-corrected chi connectivity index (χ1v) is 7.86. The van der Waals surface area contributed by atoms with E-state index in [9.17, 15) is 4.79 Å². The summed E-state index contributed by atoms with van der Waals surface area (Å²) >= 11 is 0. The average Bonchev–Trinajstić information content (AvgIpc) is 2.65. The van der Waals surface area contributed by atoms with Crippen molar-refractivity contribution in [2.24, 2.45) is 5.92 Å². The van der Waals surface area contributed by atoms with E-state index < -0.39 is 5.60 Å². The predicted molar refractivity (Wildman–Crippen MR) is 83.5 cm³/mol. The molecule has 0 amide bonds. The van der Waals surface area contributed by atoms with E-state index in [0.29, 0.717) is 0 Å². The fraction of sp³-hybridized carbons (Fsp3) is 0.611. The lowest BCUT2D eigenvalue weighted by Crippen LogP contribution is -2.35. The van der Waals surface area contributed by atoms with E-state index in [-0.39, 0.29) is 17.3 Å². The van der Waals surface area contributed by atoms with Gasteiger partial charge in [0.15, 0.2) is 5.78 Å². The van der Waals surface area contributed by atoms with Crippen molar-refractivity contribution in [1.82, 2.24) is 5.32 Å². The van der Waals surface area contributed by atoms with Gasteiger partial charge in [-0.3, -0.25) is 4.79 Å². The van der Waals surface area contributed by atoms with Crippen molar-refractivity contribution < 1.29 is 9.53 Å². The lowest BCUT2D eigenvalue weighted by Gasteiger charge is -2.28. The molecule has 0 saturated carbocycles. The highest BCUT2D eigenvalue weighted by Crippen LogP contribution is 2.43. The van der Waals surface area contributed by atoms with E-state index in [4.69, 9.17) is 4.74 Å². The number of fused-ring (bicyclic) bond motifs is 1. The van der Waals surface area contributed by atoms with Gasteiger partial charge in [-0.25, -0.2) is 0 Å². The summed E-state index contributed by atoms with van der Waals surface area (Å²) in [6.45, 7) is 10.1. The molecule has 2 heterocycles. The maximum atomic E-state index is 13.1. The van der Waals surface area contributed by atoms with Crippen LogP contribution in [0, 0.1) is 5.92 Å². The molecule has 114 valence electrons. The minimum Gasteiger partial charge on any atom is -0.369 e. The summed E-state index contributed by atoms with van der Waals surface area (Å²) in [6.07, 6.45) is 1.73. The topological polar surface area (TPSA) is 38.3 Å². The first-order valence-electron chi connectivity index (χ1n) is 7.86. The van der Waals surface area contributed by atoms with Crippen molar-refractivity contribution in [2.45, 2.75) is 58.3 Å². The van der Waals surface area contributed by atoms with Crippen LogP contribution in [0.1, 0.15) is 55.6 Å². The molecule has 0 aliphatic carbocycles. The monoisotopic (exact) mass is 287 g/mol. The van der Waals surface area contributed by atoms with Gasteiger partial charge in [-0.15, -0.1) is 0 Å². The molecular weight excluding hydrogens is 262 g/mol. The van der Waals surface area contributed by atoms with Crippen molar-refractivity contribution in [3.8, 4) is 0 Å². The molecule has 3 heteroatoms. The highest BCUT2D eigenvalue weighted by molar-refractivity contribution is 6.00. The Hall–Kier alpha value is -1.19. The van der Waals surface area contributed by atoms with Crippen molar-refractivity contribution in [3.63, 3.8) is 0 Å². The van der Waals surface area contributed by atoms with E-state index in [2.05, 4.69) is 25.2 Å². The second-order valence-corrected chi connectivity index (χ2v) is 7.46. The van der Waals surface area contributed by atoms with Crippen LogP contribution in [0.3, 0.4) is 0 Å². The Balaban J connectivity index is 1.96. The number of hydrogen-bond donors (Lipinski definition) is 1. The van der Waals surface area contributed by atoms with Gasteiger partial charge < -0.3 is 10.1 Å². The minimum atomic E-state index is -0.393. The SMILES string of the molecule is CC1(C)CC(C(=O)c2cccc3c2CCNC3)C(C)(C)O1. The van der Waals surface area contributed by atoms with Crippen LogP contribution in [0.4, 0.5) is 0 Å². The Morgan fingerprint density at radius 2 is 2.05 bits per heavy atom. The first-order chi connectivity index (χ1) is 9.80. The van der Waals surface area contributed by atoms with Crippen molar-refractivity contribution in [3.05, 3.63) is 34.9 Å². The number of ketones is 1. The number of ether oxygens (including phenoxy) is 1. The number of carbonyl (C=O) groups is 1. The Kier molecular flexibility index (Phi) is 3.45. The number of rotatable bonds is 2. The molecule has 3 rings (SSSR count). The third-order valence-corrected chi connectivity index (χ3v) is 4.80. The van der Waals surface area contributed by atoms with Crippen LogP contribution in [0.15, 0.2) is 18.2 Å². The third-order valence-electron chi connectivity index (χ3n) is 4.80. The number of Topliss-reactive ketones (excluding diaryl/α,β-unsaturated/α-hetero) is 1. The van der Waals surface area contributed by atoms with Crippen molar-refractivity contribution in [2.75, 3.05) is 6.54 Å². The van der Waals surface area contributed by atoms with Gasteiger partial charge in [0.1, 0.15) is 0 Å². The Bertz CT molecular complexity index is 575. The van der Waals surface area contributed by atoms with Gasteiger partial charge >= 0.3 is 0 Å². The molecule has 0 radical (unpaired) electrons. The summed E-state index contributed by atoms with van der Waals surface area (Å²) in [5.74, 6) is 0.193. The van der Waals surface area contributed by atoms with Gasteiger partial charge in [0.05, 0.1) is 17.1 Å². The van der Waals surface area contributed by atoms with Gasteiger partial charge in [0.2, 0.25) is 0 Å². The highest BCUT2D eigenvalue weighted by Gasteiger charge is 2.49.